The van der Waals surface area contributed by atoms with Gasteiger partial charge in [-0.15, -0.1) is 5.10 Å². The van der Waals surface area contributed by atoms with Gasteiger partial charge >= 0.3 is 0 Å². The molecule has 4 heteroatoms. The highest BCUT2D eigenvalue weighted by atomic mass is 32.1. The van der Waals surface area contributed by atoms with E-state index < -0.39 is 0 Å². The van der Waals surface area contributed by atoms with Crippen LogP contribution < -0.4 is 4.74 Å². The van der Waals surface area contributed by atoms with Crippen LogP contribution in [0.4, 0.5) is 0 Å². The average Bonchev–Trinajstić information content (AvgIpc) is 2.30. The van der Waals surface area contributed by atoms with Crippen molar-refractivity contribution in [3.63, 3.8) is 0 Å². The Morgan fingerprint density at radius 1 is 1.58 bits per heavy atom. The zero-order valence-corrected chi connectivity index (χ0v) is 8.51. The van der Waals surface area contributed by atoms with Crippen molar-refractivity contribution in [3.8, 4) is 5.88 Å². The highest BCUT2D eigenvalue weighted by Crippen LogP contribution is 2.15. The minimum atomic E-state index is 0.167. The van der Waals surface area contributed by atoms with Gasteiger partial charge in [0.15, 0.2) is 0 Å². The Morgan fingerprint density at radius 3 is 2.67 bits per heavy atom. The van der Waals surface area contributed by atoms with Gasteiger partial charge in [0.05, 0.1) is 6.61 Å². The molecule has 1 aromatic rings. The first-order valence-electron chi connectivity index (χ1n) is 3.85. The minimum absolute atomic E-state index is 0.167. The van der Waals surface area contributed by atoms with Gasteiger partial charge < -0.3 is 4.74 Å². The van der Waals surface area contributed by atoms with E-state index in [0.717, 1.165) is 0 Å². The predicted octanol–water partition coefficient (Wildman–Crippen LogP) is 2.00. The first-order valence-corrected chi connectivity index (χ1v) is 4.25. The van der Waals surface area contributed by atoms with E-state index >= 15 is 0 Å². The van der Waals surface area contributed by atoms with Crippen molar-refractivity contribution >= 4 is 12.8 Å². The summed E-state index contributed by atoms with van der Waals surface area (Å²) >= 11 is 4.00. The molecule has 12 heavy (non-hydrogen) atoms. The van der Waals surface area contributed by atoms with Gasteiger partial charge in [0, 0.05) is 12.3 Å². The maximum Gasteiger partial charge on any atom is 0.233 e. The SMILES string of the molecule is CC(C)(C)COc1ccn(S)n1. The van der Waals surface area contributed by atoms with E-state index in [0.29, 0.717) is 12.5 Å². The van der Waals surface area contributed by atoms with Crippen molar-refractivity contribution in [2.45, 2.75) is 20.8 Å². The quantitative estimate of drug-likeness (QED) is 0.715. The minimum Gasteiger partial charge on any atom is -0.476 e. The number of hydrogen-bond acceptors (Lipinski definition) is 3. The molecule has 1 aromatic heterocycles. The molecular formula is C8H14N2OS. The number of nitrogens with zero attached hydrogens (tertiary/aromatic N) is 2. The summed E-state index contributed by atoms with van der Waals surface area (Å²) in [5.41, 5.74) is 0.167. The van der Waals surface area contributed by atoms with E-state index in [9.17, 15) is 0 Å². The zero-order chi connectivity index (χ0) is 9.19. The summed E-state index contributed by atoms with van der Waals surface area (Å²) in [6.45, 7) is 7.01. The van der Waals surface area contributed by atoms with Crippen LogP contribution >= 0.6 is 12.8 Å². The fraction of sp³-hybridized carbons (Fsp3) is 0.625. The molecule has 0 fully saturated rings. The van der Waals surface area contributed by atoms with Crippen molar-refractivity contribution in [2.24, 2.45) is 5.41 Å². The molecule has 0 bridgehead atoms. The van der Waals surface area contributed by atoms with Crippen LogP contribution in [-0.4, -0.2) is 15.8 Å². The first-order chi connectivity index (χ1) is 5.47. The summed E-state index contributed by atoms with van der Waals surface area (Å²) in [6.07, 6.45) is 1.74. The summed E-state index contributed by atoms with van der Waals surface area (Å²) in [5, 5.41) is 3.97. The molecule has 0 aliphatic heterocycles. The number of aromatic nitrogens is 2. The molecule has 0 atom stereocenters. The van der Waals surface area contributed by atoms with E-state index in [1.807, 2.05) is 0 Å². The van der Waals surface area contributed by atoms with Crippen molar-refractivity contribution in [3.05, 3.63) is 12.3 Å². The van der Waals surface area contributed by atoms with Crippen LogP contribution in [-0.2, 0) is 0 Å². The third kappa shape index (κ3) is 3.17. The third-order valence-electron chi connectivity index (χ3n) is 1.20. The predicted molar refractivity (Wildman–Crippen MR) is 51.6 cm³/mol. The molecule has 0 aromatic carbocycles. The molecule has 0 saturated heterocycles. The topological polar surface area (TPSA) is 27.1 Å². The average molecular weight is 186 g/mol. The van der Waals surface area contributed by atoms with Crippen LogP contribution in [0.2, 0.25) is 0 Å². The molecule has 0 radical (unpaired) electrons. The van der Waals surface area contributed by atoms with Crippen molar-refractivity contribution in [1.82, 2.24) is 9.19 Å². The lowest BCUT2D eigenvalue weighted by molar-refractivity contribution is 0.191. The van der Waals surface area contributed by atoms with Gasteiger partial charge in [-0.3, -0.25) is 0 Å². The van der Waals surface area contributed by atoms with Gasteiger partial charge in [0.25, 0.3) is 0 Å². The van der Waals surface area contributed by atoms with Crippen LogP contribution in [0, 0.1) is 5.41 Å². The van der Waals surface area contributed by atoms with Crippen molar-refractivity contribution in [1.29, 1.82) is 0 Å². The largest absolute Gasteiger partial charge is 0.476 e. The van der Waals surface area contributed by atoms with E-state index in [-0.39, 0.29) is 5.41 Å². The van der Waals surface area contributed by atoms with E-state index in [4.69, 9.17) is 4.74 Å². The Labute approximate surface area is 78.3 Å². The molecule has 0 saturated carbocycles. The summed E-state index contributed by atoms with van der Waals surface area (Å²) in [7, 11) is 0. The van der Waals surface area contributed by atoms with Crippen LogP contribution in [0.5, 0.6) is 5.88 Å². The molecule has 68 valence electrons. The molecule has 1 rings (SSSR count). The lowest BCUT2D eigenvalue weighted by Crippen LogP contribution is -2.17. The normalized spacial score (nSPS) is 11.7. The molecule has 0 amide bonds. The molecular weight excluding hydrogens is 172 g/mol. The van der Waals surface area contributed by atoms with Gasteiger partial charge in [0.1, 0.15) is 0 Å². The Hall–Kier alpha value is -0.640. The lowest BCUT2D eigenvalue weighted by atomic mass is 9.99. The van der Waals surface area contributed by atoms with Crippen LogP contribution in [0.3, 0.4) is 0 Å². The van der Waals surface area contributed by atoms with Crippen LogP contribution in [0.1, 0.15) is 20.8 Å². The third-order valence-corrected chi connectivity index (χ3v) is 1.43. The van der Waals surface area contributed by atoms with E-state index in [2.05, 4.69) is 38.7 Å². The summed E-state index contributed by atoms with van der Waals surface area (Å²) in [4.78, 5) is 0. The smallest absolute Gasteiger partial charge is 0.233 e. The molecule has 0 aliphatic carbocycles. The fourth-order valence-corrected chi connectivity index (χ4v) is 0.820. The van der Waals surface area contributed by atoms with Crippen LogP contribution in [0.25, 0.3) is 0 Å². The Balaban J connectivity index is 2.44. The number of ether oxygens (including phenoxy) is 1. The molecule has 3 nitrogen and oxygen atoms in total. The number of rotatable bonds is 2. The second kappa shape index (κ2) is 3.39. The van der Waals surface area contributed by atoms with Gasteiger partial charge in [-0.1, -0.05) is 20.8 Å². The van der Waals surface area contributed by atoms with Gasteiger partial charge in [-0.2, -0.15) is 0 Å². The Morgan fingerprint density at radius 2 is 2.25 bits per heavy atom. The molecule has 0 unspecified atom stereocenters. The molecule has 0 aliphatic rings. The lowest BCUT2D eigenvalue weighted by Gasteiger charge is -2.17. The van der Waals surface area contributed by atoms with Crippen LogP contribution in [0.15, 0.2) is 12.3 Å². The zero-order valence-electron chi connectivity index (χ0n) is 7.61. The Kier molecular flexibility index (Phi) is 2.67. The highest BCUT2D eigenvalue weighted by Gasteiger charge is 2.11. The standard InChI is InChI=1S/C8H14N2OS/c1-8(2,3)6-11-7-4-5-10(12)9-7/h4-5,12H,6H2,1-3H3. The van der Waals surface area contributed by atoms with Crippen molar-refractivity contribution in [2.75, 3.05) is 6.61 Å². The second-order valence-corrected chi connectivity index (χ2v) is 4.33. The summed E-state index contributed by atoms with van der Waals surface area (Å²) in [5.74, 6) is 0.625. The fourth-order valence-electron chi connectivity index (χ4n) is 0.666. The maximum absolute atomic E-state index is 5.41. The van der Waals surface area contributed by atoms with E-state index in [1.165, 1.54) is 4.09 Å². The second-order valence-electron chi connectivity index (χ2n) is 3.92. The van der Waals surface area contributed by atoms with Crippen molar-refractivity contribution < 1.29 is 4.74 Å². The first kappa shape index (κ1) is 9.45. The number of thiol groups is 1. The number of hydrogen-bond donors (Lipinski definition) is 1. The molecule has 0 N–H and O–H groups in total. The maximum atomic E-state index is 5.41. The van der Waals surface area contributed by atoms with E-state index in [1.54, 1.807) is 12.3 Å². The molecule has 0 spiro atoms. The highest BCUT2D eigenvalue weighted by molar-refractivity contribution is 7.78. The molecule has 1 heterocycles. The van der Waals surface area contributed by atoms with Gasteiger partial charge in [-0.25, -0.2) is 4.09 Å². The Bertz CT molecular complexity index is 252. The summed E-state index contributed by atoms with van der Waals surface area (Å²) < 4.78 is 6.84. The summed E-state index contributed by atoms with van der Waals surface area (Å²) in [6, 6.07) is 1.79. The van der Waals surface area contributed by atoms with Gasteiger partial charge in [-0.05, 0) is 18.2 Å². The monoisotopic (exact) mass is 186 g/mol. The van der Waals surface area contributed by atoms with Gasteiger partial charge in [0.2, 0.25) is 5.88 Å².